The Morgan fingerprint density at radius 1 is 0.814 bits per heavy atom. The molecule has 0 unspecified atom stereocenters. The van der Waals surface area contributed by atoms with Crippen LogP contribution in [-0.2, 0) is 4.79 Å². The molecule has 0 saturated heterocycles. The number of benzene rings is 4. The van der Waals surface area contributed by atoms with E-state index in [4.69, 9.17) is 9.47 Å². The van der Waals surface area contributed by atoms with Crippen molar-refractivity contribution in [1.82, 2.24) is 10.2 Å². The predicted octanol–water partition coefficient (Wildman–Crippen LogP) is 5.46. The lowest BCUT2D eigenvalue weighted by molar-refractivity contribution is -0.113. The van der Waals surface area contributed by atoms with Crippen molar-refractivity contribution in [3.05, 3.63) is 125 Å². The van der Waals surface area contributed by atoms with E-state index in [1.165, 1.54) is 37.0 Å². The second-order valence-corrected chi connectivity index (χ2v) is 10.3. The molecule has 216 valence electrons. The van der Waals surface area contributed by atoms with Crippen molar-refractivity contribution in [3.63, 3.8) is 0 Å². The van der Waals surface area contributed by atoms with Crippen molar-refractivity contribution >= 4 is 47.2 Å². The second kappa shape index (κ2) is 13.1. The highest BCUT2D eigenvalue weighted by atomic mass is 32.2. The van der Waals surface area contributed by atoms with Gasteiger partial charge in [-0.15, -0.1) is 11.8 Å². The highest BCUT2D eigenvalue weighted by Gasteiger charge is 2.34. The Morgan fingerprint density at radius 3 is 2.09 bits per heavy atom. The summed E-state index contributed by atoms with van der Waals surface area (Å²) in [6.45, 7) is 0. The summed E-state index contributed by atoms with van der Waals surface area (Å²) in [5.74, 6) is -0.444. The fraction of sp³-hybridized carbons (Fsp3) is 0.0909. The van der Waals surface area contributed by atoms with Crippen LogP contribution in [0, 0.1) is 0 Å². The normalized spacial score (nSPS) is 12.5. The van der Waals surface area contributed by atoms with Crippen molar-refractivity contribution < 1.29 is 28.7 Å². The summed E-state index contributed by atoms with van der Waals surface area (Å²) in [6, 6.07) is 27.4. The molecule has 2 N–H and O–H groups in total. The molecule has 0 spiro atoms. The maximum atomic E-state index is 13.4. The summed E-state index contributed by atoms with van der Waals surface area (Å²) in [4.78, 5) is 53.7. The Hall–Kier alpha value is -5.35. The van der Waals surface area contributed by atoms with Gasteiger partial charge in [0.25, 0.3) is 23.6 Å². The van der Waals surface area contributed by atoms with Gasteiger partial charge in [-0.25, -0.2) is 0 Å². The molecule has 0 fully saturated rings. The van der Waals surface area contributed by atoms with Gasteiger partial charge in [0.05, 0.1) is 31.2 Å². The van der Waals surface area contributed by atoms with Crippen molar-refractivity contribution in [2.75, 3.05) is 25.4 Å². The van der Waals surface area contributed by atoms with Crippen molar-refractivity contribution in [2.24, 2.45) is 0 Å². The number of nitrogens with one attached hydrogen (secondary N) is 2. The smallest absolute Gasteiger partial charge is 0.272 e. The minimum Gasteiger partial charge on any atom is -0.497 e. The Labute approximate surface area is 252 Å². The molecular weight excluding hydrogens is 566 g/mol. The van der Waals surface area contributed by atoms with E-state index < -0.39 is 11.8 Å². The fourth-order valence-corrected chi connectivity index (χ4v) is 5.21. The van der Waals surface area contributed by atoms with Crippen molar-refractivity contribution in [3.8, 4) is 11.5 Å². The summed E-state index contributed by atoms with van der Waals surface area (Å²) >= 11 is 1.32. The molecule has 9 nitrogen and oxygen atoms in total. The molecule has 0 aromatic heterocycles. The lowest BCUT2D eigenvalue weighted by atomic mass is 10.1. The molecule has 1 aliphatic heterocycles. The highest BCUT2D eigenvalue weighted by molar-refractivity contribution is 7.99. The molecule has 1 aliphatic rings. The number of carbonyl (C=O) groups is 4. The zero-order valence-corrected chi connectivity index (χ0v) is 24.1. The van der Waals surface area contributed by atoms with E-state index in [0.29, 0.717) is 39.4 Å². The number of carbonyl (C=O) groups excluding carboxylic acids is 4. The number of nitrogens with zero attached hydrogens (tertiary/aromatic N) is 1. The average Bonchev–Trinajstić information content (AvgIpc) is 3.29. The molecule has 5 rings (SSSR count). The minimum atomic E-state index is -0.548. The van der Waals surface area contributed by atoms with E-state index in [1.807, 2.05) is 0 Å². The molecule has 0 saturated carbocycles. The van der Waals surface area contributed by atoms with Crippen LogP contribution < -0.4 is 20.1 Å². The zero-order chi connectivity index (χ0) is 30.3. The van der Waals surface area contributed by atoms with E-state index >= 15 is 0 Å². The molecule has 10 heteroatoms. The molecule has 1 heterocycles. The van der Waals surface area contributed by atoms with Gasteiger partial charge in [-0.05, 0) is 66.7 Å². The summed E-state index contributed by atoms with van der Waals surface area (Å²) in [5, 5.41) is 5.52. The number of hydrogen-bond donors (Lipinski definition) is 2. The summed E-state index contributed by atoms with van der Waals surface area (Å²) < 4.78 is 10.7. The number of hydrogen-bond acceptors (Lipinski definition) is 7. The first-order valence-corrected chi connectivity index (χ1v) is 14.2. The maximum Gasteiger partial charge on any atom is 0.272 e. The SMILES string of the molecule is COc1ccc(/C=C(\NC(=O)c2ccccc2)C(=O)Nc2ccc(SCN3C(=O)c4ccccc4C3=O)cc2)c(OC)c1. The van der Waals surface area contributed by atoms with E-state index in [0.717, 1.165) is 4.90 Å². The second-order valence-electron chi connectivity index (χ2n) is 9.32. The number of methoxy groups -OCH3 is 2. The molecule has 4 amide bonds. The molecular formula is C33H27N3O6S. The number of ether oxygens (including phenoxy) is 2. The number of thioether (sulfide) groups is 1. The third-order valence-electron chi connectivity index (χ3n) is 6.62. The van der Waals surface area contributed by atoms with Gasteiger partial charge in [-0.3, -0.25) is 24.1 Å². The van der Waals surface area contributed by atoms with Crippen molar-refractivity contribution in [2.45, 2.75) is 4.90 Å². The van der Waals surface area contributed by atoms with E-state index in [1.54, 1.807) is 97.1 Å². The van der Waals surface area contributed by atoms with Gasteiger partial charge < -0.3 is 20.1 Å². The third-order valence-corrected chi connectivity index (χ3v) is 7.61. The maximum absolute atomic E-state index is 13.4. The molecule has 4 aromatic rings. The first-order valence-electron chi connectivity index (χ1n) is 13.2. The standard InChI is InChI=1S/C33H27N3O6S/c1-41-24-15-12-22(29(19-24)42-2)18-28(35-30(37)21-8-4-3-5-9-21)31(38)34-23-13-16-25(17-14-23)43-20-36-32(39)26-10-6-7-11-27(26)33(36)40/h3-19H,20H2,1-2H3,(H,34,38)(H,35,37)/b28-18-. The first-order chi connectivity index (χ1) is 20.9. The molecule has 0 radical (unpaired) electrons. The monoisotopic (exact) mass is 593 g/mol. The topological polar surface area (TPSA) is 114 Å². The molecule has 4 aromatic carbocycles. The molecule has 0 bridgehead atoms. The van der Waals surface area contributed by atoms with Crippen LogP contribution in [0.3, 0.4) is 0 Å². The molecule has 0 aliphatic carbocycles. The Kier molecular flexibility index (Phi) is 8.88. The summed E-state index contributed by atoms with van der Waals surface area (Å²) in [7, 11) is 3.04. The molecule has 43 heavy (non-hydrogen) atoms. The van der Waals surface area contributed by atoms with Crippen LogP contribution in [0.1, 0.15) is 36.6 Å². The van der Waals surface area contributed by atoms with Crippen LogP contribution in [0.4, 0.5) is 5.69 Å². The van der Waals surface area contributed by atoms with Crippen LogP contribution in [-0.4, -0.2) is 48.6 Å². The average molecular weight is 594 g/mol. The number of anilines is 1. The Morgan fingerprint density at radius 2 is 1.47 bits per heavy atom. The van der Waals surface area contributed by atoms with Gasteiger partial charge in [-0.2, -0.15) is 0 Å². The third kappa shape index (κ3) is 6.60. The minimum absolute atomic E-state index is 0.00129. The van der Waals surface area contributed by atoms with Gasteiger partial charge >= 0.3 is 0 Å². The lowest BCUT2D eigenvalue weighted by Gasteiger charge is -2.14. The van der Waals surface area contributed by atoms with Gasteiger partial charge in [0.15, 0.2) is 0 Å². The quantitative estimate of drug-likeness (QED) is 0.143. The van der Waals surface area contributed by atoms with Crippen LogP contribution in [0.15, 0.2) is 108 Å². The van der Waals surface area contributed by atoms with Crippen LogP contribution >= 0.6 is 11.8 Å². The number of rotatable bonds is 10. The fourth-order valence-electron chi connectivity index (χ4n) is 4.36. The zero-order valence-electron chi connectivity index (χ0n) is 23.3. The van der Waals surface area contributed by atoms with E-state index in [9.17, 15) is 19.2 Å². The van der Waals surface area contributed by atoms with E-state index in [2.05, 4.69) is 10.6 Å². The van der Waals surface area contributed by atoms with Gasteiger partial charge in [0.2, 0.25) is 0 Å². The van der Waals surface area contributed by atoms with Crippen molar-refractivity contribution in [1.29, 1.82) is 0 Å². The van der Waals surface area contributed by atoms with E-state index in [-0.39, 0.29) is 23.4 Å². The van der Waals surface area contributed by atoms with Gasteiger partial charge in [-0.1, -0.05) is 30.3 Å². The molecule has 0 atom stereocenters. The first kappa shape index (κ1) is 29.2. The predicted molar refractivity (Wildman–Crippen MR) is 164 cm³/mol. The number of amides is 4. The largest absolute Gasteiger partial charge is 0.497 e. The van der Waals surface area contributed by atoms with Gasteiger partial charge in [0.1, 0.15) is 17.2 Å². The van der Waals surface area contributed by atoms with Crippen LogP contribution in [0.25, 0.3) is 6.08 Å². The number of fused-ring (bicyclic) bond motifs is 1. The van der Waals surface area contributed by atoms with Crippen LogP contribution in [0.5, 0.6) is 11.5 Å². The lowest BCUT2D eigenvalue weighted by Crippen LogP contribution is -2.30. The Balaban J connectivity index is 1.30. The Bertz CT molecular complexity index is 1690. The summed E-state index contributed by atoms with van der Waals surface area (Å²) in [6.07, 6.45) is 1.53. The number of imide groups is 1. The van der Waals surface area contributed by atoms with Crippen LogP contribution in [0.2, 0.25) is 0 Å². The highest BCUT2D eigenvalue weighted by Crippen LogP contribution is 2.29. The summed E-state index contributed by atoms with van der Waals surface area (Å²) in [5.41, 5.74) is 2.24. The van der Waals surface area contributed by atoms with Gasteiger partial charge in [0, 0.05) is 27.8 Å².